The van der Waals surface area contributed by atoms with Crippen LogP contribution in [0.5, 0.6) is 5.75 Å². The predicted molar refractivity (Wildman–Crippen MR) is 143 cm³/mol. The maximum atomic E-state index is 13.0. The lowest BCUT2D eigenvalue weighted by Crippen LogP contribution is -2.13. The van der Waals surface area contributed by atoms with Gasteiger partial charge in [-0.05, 0) is 73.0 Å². The van der Waals surface area contributed by atoms with Crippen molar-refractivity contribution in [2.24, 2.45) is 0 Å². The number of anilines is 1. The number of nitriles is 1. The quantitative estimate of drug-likeness (QED) is 0.223. The number of unbranched alkanes of at least 4 members (excludes halogenated alkanes) is 1. The summed E-state index contributed by atoms with van der Waals surface area (Å²) in [6.45, 7) is 2.16. The molecule has 36 heavy (non-hydrogen) atoms. The summed E-state index contributed by atoms with van der Waals surface area (Å²) in [7, 11) is 1.61. The smallest absolute Gasteiger partial charge is 0.266 e. The van der Waals surface area contributed by atoms with E-state index in [1.54, 1.807) is 17.9 Å². The van der Waals surface area contributed by atoms with Gasteiger partial charge < -0.3 is 10.1 Å². The number of carbonyl (C=O) groups is 1. The third-order valence-electron chi connectivity index (χ3n) is 5.82. The molecule has 0 aliphatic rings. The van der Waals surface area contributed by atoms with Gasteiger partial charge in [0, 0.05) is 23.0 Å². The van der Waals surface area contributed by atoms with Crippen LogP contribution in [0.1, 0.15) is 30.9 Å². The van der Waals surface area contributed by atoms with Gasteiger partial charge in [0.25, 0.3) is 5.91 Å². The Morgan fingerprint density at radius 3 is 2.42 bits per heavy atom. The lowest BCUT2D eigenvalue weighted by atomic mass is 10.1. The van der Waals surface area contributed by atoms with Crippen molar-refractivity contribution in [3.63, 3.8) is 0 Å². The summed E-state index contributed by atoms with van der Waals surface area (Å²) < 4.78 is 7.02. The summed E-state index contributed by atoms with van der Waals surface area (Å²) >= 11 is 0. The van der Waals surface area contributed by atoms with Crippen LogP contribution in [-0.4, -0.2) is 22.8 Å². The summed E-state index contributed by atoms with van der Waals surface area (Å²) in [5.41, 5.74) is 4.90. The lowest BCUT2D eigenvalue weighted by molar-refractivity contribution is -0.112. The molecule has 0 spiro atoms. The Balaban J connectivity index is 1.65. The zero-order valence-electron chi connectivity index (χ0n) is 20.4. The molecule has 0 bridgehead atoms. The molecule has 0 saturated heterocycles. The molecule has 1 aromatic heterocycles. The summed E-state index contributed by atoms with van der Waals surface area (Å²) in [6, 6.07) is 27.0. The van der Waals surface area contributed by atoms with Crippen molar-refractivity contribution >= 4 is 17.7 Å². The van der Waals surface area contributed by atoms with Crippen molar-refractivity contribution in [3.05, 3.63) is 102 Å². The average Bonchev–Trinajstić information content (AvgIpc) is 3.35. The first-order valence-electron chi connectivity index (χ1n) is 11.9. The van der Waals surface area contributed by atoms with Crippen LogP contribution in [0.2, 0.25) is 0 Å². The zero-order chi connectivity index (χ0) is 25.3. The number of aromatic nitrogens is 2. The fraction of sp³-hybridized carbons (Fsp3) is 0.167. The monoisotopic (exact) mass is 476 g/mol. The molecule has 4 aromatic rings. The first kappa shape index (κ1) is 24.5. The zero-order valence-corrected chi connectivity index (χ0v) is 20.4. The first-order chi connectivity index (χ1) is 17.6. The molecule has 3 aromatic carbocycles. The second-order valence-electron chi connectivity index (χ2n) is 8.37. The Hall–Kier alpha value is -4.63. The minimum atomic E-state index is -0.466. The third-order valence-corrected chi connectivity index (χ3v) is 5.82. The molecule has 1 heterocycles. The number of methoxy groups -OCH3 is 1. The van der Waals surface area contributed by atoms with Crippen LogP contribution in [0.25, 0.3) is 23.0 Å². The Kier molecular flexibility index (Phi) is 7.94. The minimum absolute atomic E-state index is 0.00701. The minimum Gasteiger partial charge on any atom is -0.497 e. The standard InChI is InChI=1S/C30H28N4O2/c1-3-4-8-22-11-15-26(16-12-22)32-30(35)24(20-31)19-25-21-34(27-9-6-5-7-10-27)33-29(25)23-13-17-28(36-2)18-14-23/h5-7,9-19,21H,3-4,8H2,1-2H3,(H,32,35)/b24-19+. The number of hydrogen-bond donors (Lipinski definition) is 1. The largest absolute Gasteiger partial charge is 0.497 e. The molecule has 180 valence electrons. The summed E-state index contributed by atoms with van der Waals surface area (Å²) in [5.74, 6) is 0.267. The number of benzene rings is 3. The van der Waals surface area contributed by atoms with E-state index in [1.165, 1.54) is 5.56 Å². The van der Waals surface area contributed by atoms with Crippen molar-refractivity contribution in [2.75, 3.05) is 12.4 Å². The van der Waals surface area contributed by atoms with Crippen LogP contribution in [0, 0.1) is 11.3 Å². The first-order valence-corrected chi connectivity index (χ1v) is 11.9. The van der Waals surface area contributed by atoms with E-state index < -0.39 is 5.91 Å². The van der Waals surface area contributed by atoms with E-state index >= 15 is 0 Å². The van der Waals surface area contributed by atoms with Crippen LogP contribution in [0.15, 0.2) is 90.6 Å². The number of rotatable bonds is 9. The van der Waals surface area contributed by atoms with Gasteiger partial charge in [-0.15, -0.1) is 0 Å². The van der Waals surface area contributed by atoms with Crippen LogP contribution in [0.4, 0.5) is 5.69 Å². The normalized spacial score (nSPS) is 11.1. The molecule has 0 unspecified atom stereocenters. The Morgan fingerprint density at radius 1 is 1.06 bits per heavy atom. The highest BCUT2D eigenvalue weighted by Crippen LogP contribution is 2.27. The number of aryl methyl sites for hydroxylation is 1. The van der Waals surface area contributed by atoms with Crippen molar-refractivity contribution < 1.29 is 9.53 Å². The molecule has 1 N–H and O–H groups in total. The fourth-order valence-corrected chi connectivity index (χ4v) is 3.82. The van der Waals surface area contributed by atoms with Crippen molar-refractivity contribution in [1.82, 2.24) is 9.78 Å². The van der Waals surface area contributed by atoms with Gasteiger partial charge in [0.15, 0.2) is 0 Å². The van der Waals surface area contributed by atoms with Crippen molar-refractivity contribution in [2.45, 2.75) is 26.2 Å². The van der Waals surface area contributed by atoms with Crippen molar-refractivity contribution in [3.8, 4) is 28.8 Å². The van der Waals surface area contributed by atoms with Gasteiger partial charge in [-0.3, -0.25) is 4.79 Å². The van der Waals surface area contributed by atoms with Gasteiger partial charge in [0.2, 0.25) is 0 Å². The van der Waals surface area contributed by atoms with E-state index in [2.05, 4.69) is 12.2 Å². The van der Waals surface area contributed by atoms with Crippen LogP contribution in [0.3, 0.4) is 0 Å². The summed E-state index contributed by atoms with van der Waals surface area (Å²) in [6.07, 6.45) is 6.67. The molecule has 4 rings (SSSR count). The SMILES string of the molecule is CCCCc1ccc(NC(=O)/C(C#N)=C/c2cn(-c3ccccc3)nc2-c2ccc(OC)cc2)cc1. The third kappa shape index (κ3) is 5.89. The van der Waals surface area contributed by atoms with E-state index in [4.69, 9.17) is 9.84 Å². The maximum absolute atomic E-state index is 13.0. The van der Waals surface area contributed by atoms with E-state index in [0.717, 1.165) is 36.3 Å². The lowest BCUT2D eigenvalue weighted by Gasteiger charge is -2.06. The molecule has 1 amide bonds. The van der Waals surface area contributed by atoms with Gasteiger partial charge in [0.1, 0.15) is 17.4 Å². The van der Waals surface area contributed by atoms with Gasteiger partial charge in [-0.1, -0.05) is 43.7 Å². The number of para-hydroxylation sites is 1. The van der Waals surface area contributed by atoms with E-state index in [0.29, 0.717) is 16.9 Å². The van der Waals surface area contributed by atoms with Crippen LogP contribution >= 0.6 is 0 Å². The van der Waals surface area contributed by atoms with Gasteiger partial charge in [-0.2, -0.15) is 10.4 Å². The number of nitrogens with one attached hydrogen (secondary N) is 1. The van der Waals surface area contributed by atoms with Gasteiger partial charge in [0.05, 0.1) is 18.5 Å². The molecule has 0 atom stereocenters. The van der Waals surface area contributed by atoms with Crippen molar-refractivity contribution in [1.29, 1.82) is 5.26 Å². The van der Waals surface area contributed by atoms with Crippen LogP contribution < -0.4 is 10.1 Å². The molecule has 6 heteroatoms. The molecule has 0 fully saturated rings. The maximum Gasteiger partial charge on any atom is 0.266 e. The summed E-state index contributed by atoms with van der Waals surface area (Å²) in [5, 5.41) is 17.4. The average molecular weight is 477 g/mol. The highest BCUT2D eigenvalue weighted by molar-refractivity contribution is 6.10. The van der Waals surface area contributed by atoms with E-state index in [-0.39, 0.29) is 5.57 Å². The number of ether oxygens (including phenoxy) is 1. The molecule has 0 radical (unpaired) electrons. The Labute approximate surface area is 211 Å². The van der Waals surface area contributed by atoms with E-state index in [1.807, 2.05) is 91.1 Å². The van der Waals surface area contributed by atoms with Gasteiger partial charge >= 0.3 is 0 Å². The Morgan fingerprint density at radius 2 is 1.78 bits per heavy atom. The molecule has 6 nitrogen and oxygen atoms in total. The molecule has 0 saturated carbocycles. The fourth-order valence-electron chi connectivity index (χ4n) is 3.82. The topological polar surface area (TPSA) is 79.9 Å². The number of amides is 1. The number of nitrogens with zero attached hydrogens (tertiary/aromatic N) is 3. The second-order valence-corrected chi connectivity index (χ2v) is 8.37. The Bertz CT molecular complexity index is 1380. The highest BCUT2D eigenvalue weighted by Gasteiger charge is 2.15. The number of hydrogen-bond acceptors (Lipinski definition) is 4. The predicted octanol–water partition coefficient (Wildman–Crippen LogP) is 6.44. The summed E-state index contributed by atoms with van der Waals surface area (Å²) in [4.78, 5) is 13.0. The van der Waals surface area contributed by atoms with Crippen LogP contribution in [-0.2, 0) is 11.2 Å². The molecular formula is C30H28N4O2. The molecule has 0 aliphatic carbocycles. The molecular weight excluding hydrogens is 448 g/mol. The van der Waals surface area contributed by atoms with Gasteiger partial charge in [-0.25, -0.2) is 4.68 Å². The highest BCUT2D eigenvalue weighted by atomic mass is 16.5. The molecule has 0 aliphatic heterocycles. The van der Waals surface area contributed by atoms with E-state index in [9.17, 15) is 10.1 Å². The number of carbonyl (C=O) groups excluding carboxylic acids is 1. The second kappa shape index (κ2) is 11.7.